The molecule has 1 aromatic carbocycles. The first kappa shape index (κ1) is 20.7. The Bertz CT molecular complexity index is 768. The standard InChI is InChI=1S/C21H25FN2O3.ClH/c22-16-3-5-18(6-4-16)26-14-19-7-8-20(27-19)21(25)24-11-9-17(10-12-24)23-13-15-1-2-15;/h3-8,15,17,23H,1-2,9-14H2;1H. The zero-order chi connectivity index (χ0) is 18.6. The van der Waals surface area contributed by atoms with Crippen LogP contribution in [-0.2, 0) is 6.61 Å². The number of benzene rings is 1. The second-order valence-electron chi connectivity index (χ2n) is 7.43. The zero-order valence-corrected chi connectivity index (χ0v) is 16.6. The Morgan fingerprint density at radius 2 is 1.82 bits per heavy atom. The van der Waals surface area contributed by atoms with Crippen LogP contribution in [0.4, 0.5) is 4.39 Å². The first-order valence-corrected chi connectivity index (χ1v) is 9.67. The van der Waals surface area contributed by atoms with Crippen molar-refractivity contribution >= 4 is 18.3 Å². The van der Waals surface area contributed by atoms with Crippen molar-refractivity contribution in [2.45, 2.75) is 38.3 Å². The quantitative estimate of drug-likeness (QED) is 0.751. The minimum Gasteiger partial charge on any atom is -0.486 e. The van der Waals surface area contributed by atoms with Gasteiger partial charge in [-0.2, -0.15) is 0 Å². The van der Waals surface area contributed by atoms with E-state index in [1.807, 2.05) is 4.90 Å². The van der Waals surface area contributed by atoms with E-state index in [-0.39, 0.29) is 30.7 Å². The molecule has 2 aliphatic rings. The van der Waals surface area contributed by atoms with Gasteiger partial charge in [-0.15, -0.1) is 12.4 Å². The fraction of sp³-hybridized carbons (Fsp3) is 0.476. The Labute approximate surface area is 170 Å². The van der Waals surface area contributed by atoms with Gasteiger partial charge in [-0.05, 0) is 74.5 Å². The van der Waals surface area contributed by atoms with Crippen molar-refractivity contribution < 1.29 is 18.3 Å². The summed E-state index contributed by atoms with van der Waals surface area (Å²) >= 11 is 0. The fourth-order valence-corrected chi connectivity index (χ4v) is 3.35. The van der Waals surface area contributed by atoms with Gasteiger partial charge in [0.25, 0.3) is 5.91 Å². The van der Waals surface area contributed by atoms with Crippen LogP contribution in [0, 0.1) is 11.7 Å². The number of furan rings is 1. The van der Waals surface area contributed by atoms with Crippen molar-refractivity contribution in [3.05, 3.63) is 53.7 Å². The monoisotopic (exact) mass is 408 g/mol. The number of carbonyl (C=O) groups excluding carboxylic acids is 1. The molecule has 2 aromatic rings. The molecule has 1 aliphatic heterocycles. The fourth-order valence-electron chi connectivity index (χ4n) is 3.35. The summed E-state index contributed by atoms with van der Waals surface area (Å²) in [5, 5.41) is 3.62. The third-order valence-electron chi connectivity index (χ3n) is 5.24. The molecule has 7 heteroatoms. The number of nitrogens with one attached hydrogen (secondary N) is 1. The van der Waals surface area contributed by atoms with E-state index in [2.05, 4.69) is 5.32 Å². The first-order chi connectivity index (χ1) is 13.2. The molecule has 1 amide bonds. The number of halogens is 2. The second kappa shape index (κ2) is 9.43. The number of hydrogen-bond acceptors (Lipinski definition) is 4. The van der Waals surface area contributed by atoms with E-state index in [0.717, 1.165) is 38.4 Å². The number of carbonyl (C=O) groups is 1. The summed E-state index contributed by atoms with van der Waals surface area (Å²) in [5.41, 5.74) is 0. The first-order valence-electron chi connectivity index (χ1n) is 9.67. The summed E-state index contributed by atoms with van der Waals surface area (Å²) in [5.74, 6) is 1.98. The van der Waals surface area contributed by atoms with E-state index in [1.54, 1.807) is 24.3 Å². The number of rotatable bonds is 7. The van der Waals surface area contributed by atoms with Crippen LogP contribution in [0.3, 0.4) is 0 Å². The van der Waals surface area contributed by atoms with Gasteiger partial charge in [-0.3, -0.25) is 4.79 Å². The number of hydrogen-bond donors (Lipinski definition) is 1. The average molecular weight is 409 g/mol. The summed E-state index contributed by atoms with van der Waals surface area (Å²) < 4.78 is 24.1. The molecule has 0 bridgehead atoms. The van der Waals surface area contributed by atoms with Crippen LogP contribution in [0.1, 0.15) is 42.0 Å². The maximum absolute atomic E-state index is 12.9. The number of likely N-dealkylation sites (tertiary alicyclic amines) is 1. The van der Waals surface area contributed by atoms with Gasteiger partial charge in [-0.25, -0.2) is 4.39 Å². The number of amides is 1. The van der Waals surface area contributed by atoms with Crippen LogP contribution in [0.5, 0.6) is 5.75 Å². The topological polar surface area (TPSA) is 54.7 Å². The molecule has 0 spiro atoms. The summed E-state index contributed by atoms with van der Waals surface area (Å²) in [6.07, 6.45) is 4.69. The van der Waals surface area contributed by atoms with Crippen LogP contribution in [0.2, 0.25) is 0 Å². The van der Waals surface area contributed by atoms with E-state index < -0.39 is 0 Å². The van der Waals surface area contributed by atoms with Gasteiger partial charge in [0, 0.05) is 19.1 Å². The SMILES string of the molecule is Cl.O=C(c1ccc(COc2ccc(F)cc2)o1)N1CCC(NCC2CC2)CC1. The second-order valence-corrected chi connectivity index (χ2v) is 7.43. The minimum atomic E-state index is -0.306. The van der Waals surface area contributed by atoms with Crippen molar-refractivity contribution in [3.63, 3.8) is 0 Å². The third-order valence-corrected chi connectivity index (χ3v) is 5.24. The lowest BCUT2D eigenvalue weighted by molar-refractivity contribution is 0.0669. The third kappa shape index (κ3) is 5.49. The molecule has 0 unspecified atom stereocenters. The zero-order valence-electron chi connectivity index (χ0n) is 15.7. The molecule has 1 N–H and O–H groups in total. The molecular formula is C21H26ClFN2O3. The maximum Gasteiger partial charge on any atom is 0.289 e. The van der Waals surface area contributed by atoms with Gasteiger partial charge >= 0.3 is 0 Å². The maximum atomic E-state index is 12.9. The molecule has 0 radical (unpaired) electrons. The van der Waals surface area contributed by atoms with Crippen molar-refractivity contribution in [1.82, 2.24) is 10.2 Å². The van der Waals surface area contributed by atoms with Crippen LogP contribution in [-0.4, -0.2) is 36.5 Å². The van der Waals surface area contributed by atoms with Gasteiger partial charge in [0.15, 0.2) is 5.76 Å². The molecule has 2 fully saturated rings. The Hall–Kier alpha value is -2.05. The summed E-state index contributed by atoms with van der Waals surface area (Å²) in [7, 11) is 0. The molecule has 1 saturated heterocycles. The van der Waals surface area contributed by atoms with Gasteiger partial charge < -0.3 is 19.4 Å². The van der Waals surface area contributed by atoms with Crippen LogP contribution >= 0.6 is 12.4 Å². The Kier molecular flexibility index (Phi) is 6.97. The highest BCUT2D eigenvalue weighted by atomic mass is 35.5. The number of ether oxygens (including phenoxy) is 1. The lowest BCUT2D eigenvalue weighted by Gasteiger charge is -2.32. The Morgan fingerprint density at radius 1 is 1.11 bits per heavy atom. The van der Waals surface area contributed by atoms with E-state index in [4.69, 9.17) is 9.15 Å². The molecule has 1 saturated carbocycles. The molecule has 28 heavy (non-hydrogen) atoms. The largest absolute Gasteiger partial charge is 0.486 e. The van der Waals surface area contributed by atoms with Crippen molar-refractivity contribution in [2.75, 3.05) is 19.6 Å². The van der Waals surface area contributed by atoms with Gasteiger partial charge in [0.05, 0.1) is 0 Å². The van der Waals surface area contributed by atoms with E-state index >= 15 is 0 Å². The lowest BCUT2D eigenvalue weighted by Crippen LogP contribution is -2.45. The molecular weight excluding hydrogens is 383 g/mol. The molecule has 0 atom stereocenters. The molecule has 5 nitrogen and oxygen atoms in total. The predicted molar refractivity (Wildman–Crippen MR) is 106 cm³/mol. The van der Waals surface area contributed by atoms with E-state index in [1.165, 1.54) is 25.0 Å². The molecule has 4 rings (SSSR count). The minimum absolute atomic E-state index is 0. The average Bonchev–Trinajstić information content (AvgIpc) is 3.41. The predicted octanol–water partition coefficient (Wildman–Crippen LogP) is 4.02. The normalized spacial score (nSPS) is 17.2. The molecule has 1 aromatic heterocycles. The Morgan fingerprint density at radius 3 is 2.50 bits per heavy atom. The lowest BCUT2D eigenvalue weighted by atomic mass is 10.0. The van der Waals surface area contributed by atoms with Crippen molar-refractivity contribution in [1.29, 1.82) is 0 Å². The summed E-state index contributed by atoms with van der Waals surface area (Å²) in [6, 6.07) is 9.78. The Balaban J connectivity index is 0.00000225. The van der Waals surface area contributed by atoms with Crippen LogP contribution in [0.15, 0.2) is 40.8 Å². The summed E-state index contributed by atoms with van der Waals surface area (Å²) in [4.78, 5) is 14.5. The highest BCUT2D eigenvalue weighted by Gasteiger charge is 2.27. The van der Waals surface area contributed by atoms with E-state index in [9.17, 15) is 9.18 Å². The highest BCUT2D eigenvalue weighted by Crippen LogP contribution is 2.28. The molecule has 1 aliphatic carbocycles. The number of piperidine rings is 1. The van der Waals surface area contributed by atoms with Crippen molar-refractivity contribution in [3.8, 4) is 5.75 Å². The highest BCUT2D eigenvalue weighted by molar-refractivity contribution is 5.91. The van der Waals surface area contributed by atoms with Gasteiger partial charge in [0.1, 0.15) is 23.9 Å². The van der Waals surface area contributed by atoms with Crippen molar-refractivity contribution in [2.24, 2.45) is 5.92 Å². The van der Waals surface area contributed by atoms with Gasteiger partial charge in [-0.1, -0.05) is 0 Å². The smallest absolute Gasteiger partial charge is 0.289 e. The van der Waals surface area contributed by atoms with Crippen LogP contribution < -0.4 is 10.1 Å². The van der Waals surface area contributed by atoms with Crippen LogP contribution in [0.25, 0.3) is 0 Å². The van der Waals surface area contributed by atoms with E-state index in [0.29, 0.717) is 23.3 Å². The number of nitrogens with zero attached hydrogens (tertiary/aromatic N) is 1. The molecule has 152 valence electrons. The van der Waals surface area contributed by atoms with Gasteiger partial charge in [0.2, 0.25) is 0 Å². The summed E-state index contributed by atoms with van der Waals surface area (Å²) in [6.45, 7) is 2.83. The molecule has 2 heterocycles.